The third-order valence-electron chi connectivity index (χ3n) is 6.18. The van der Waals surface area contributed by atoms with E-state index in [9.17, 15) is 14.9 Å². The lowest BCUT2D eigenvalue weighted by atomic mass is 9.81. The van der Waals surface area contributed by atoms with Crippen molar-refractivity contribution in [1.82, 2.24) is 4.98 Å². The fourth-order valence-electron chi connectivity index (χ4n) is 4.45. The molecule has 1 aliphatic heterocycles. The quantitative estimate of drug-likeness (QED) is 0.493. The second-order valence-electron chi connectivity index (χ2n) is 8.33. The highest BCUT2D eigenvalue weighted by Crippen LogP contribution is 2.43. The number of nitrogens with zero attached hydrogens (tertiary/aromatic N) is 3. The van der Waals surface area contributed by atoms with Crippen LogP contribution in [0.4, 0.5) is 5.69 Å². The smallest absolute Gasteiger partial charge is 0.355 e. The van der Waals surface area contributed by atoms with Gasteiger partial charge in [0.1, 0.15) is 11.5 Å². The number of aromatic nitrogens is 1. The number of rotatable bonds is 7. The van der Waals surface area contributed by atoms with Gasteiger partial charge in [-0.2, -0.15) is 5.26 Å². The molecule has 1 atom stereocenters. The minimum absolute atomic E-state index is 0.0230. The van der Waals surface area contributed by atoms with Gasteiger partial charge in [-0.1, -0.05) is 48.5 Å². The van der Waals surface area contributed by atoms with E-state index in [1.807, 2.05) is 42.5 Å². The van der Waals surface area contributed by atoms with Crippen LogP contribution in [0.2, 0.25) is 0 Å². The number of nitrogens with two attached hydrogens (primary N) is 1. The molecule has 2 heterocycles. The number of carbonyl (C=O) groups is 2. The van der Waals surface area contributed by atoms with E-state index in [0.29, 0.717) is 24.1 Å². The Kier molecular flexibility index (Phi) is 7.65. The summed E-state index contributed by atoms with van der Waals surface area (Å²) < 4.78 is 10.2. The molecule has 2 N–H and O–H groups in total. The third kappa shape index (κ3) is 5.07. The average Bonchev–Trinajstić information content (AvgIpc) is 2.95. The first-order chi connectivity index (χ1) is 18.0. The van der Waals surface area contributed by atoms with E-state index in [4.69, 9.17) is 15.2 Å². The molecule has 0 fully saturated rings. The highest BCUT2D eigenvalue weighted by atomic mass is 16.5. The number of hydrogen-bond acceptors (Lipinski definition) is 8. The maximum absolute atomic E-state index is 13.2. The molecule has 0 saturated heterocycles. The Balaban J connectivity index is 1.87. The summed E-state index contributed by atoms with van der Waals surface area (Å²) in [4.78, 5) is 32.1. The van der Waals surface area contributed by atoms with Gasteiger partial charge in [0.25, 0.3) is 0 Å². The van der Waals surface area contributed by atoms with Crippen LogP contribution >= 0.6 is 0 Å². The molecule has 8 nitrogen and oxygen atoms in total. The van der Waals surface area contributed by atoms with Crippen LogP contribution in [-0.2, 0) is 31.9 Å². The maximum atomic E-state index is 13.2. The topological polar surface area (TPSA) is 119 Å². The molecule has 1 aliphatic rings. The fraction of sp³-hybridized carbons (Fsp3) is 0.172. The SMILES string of the molecule is COC(=O)C1=C(C(=O)OC)N(c2cccc(CCc3ccccn3)c2)C(N)=C(C#N)C1c1ccccc1. The monoisotopic (exact) mass is 494 g/mol. The Morgan fingerprint density at radius 3 is 2.35 bits per heavy atom. The molecule has 8 heteroatoms. The van der Waals surface area contributed by atoms with Gasteiger partial charge in [0, 0.05) is 17.6 Å². The zero-order valence-electron chi connectivity index (χ0n) is 20.5. The van der Waals surface area contributed by atoms with Crippen molar-refractivity contribution in [3.05, 3.63) is 118 Å². The molecular weight excluding hydrogens is 468 g/mol. The van der Waals surface area contributed by atoms with Crippen LogP contribution in [0.1, 0.15) is 22.7 Å². The van der Waals surface area contributed by atoms with Gasteiger partial charge >= 0.3 is 11.9 Å². The van der Waals surface area contributed by atoms with Crippen LogP contribution in [0.15, 0.2) is 102 Å². The van der Waals surface area contributed by atoms with E-state index in [-0.39, 0.29) is 22.7 Å². The van der Waals surface area contributed by atoms with E-state index in [2.05, 4.69) is 11.1 Å². The normalized spacial score (nSPS) is 15.3. The lowest BCUT2D eigenvalue weighted by Gasteiger charge is -2.36. The first kappa shape index (κ1) is 25.2. The van der Waals surface area contributed by atoms with Crippen molar-refractivity contribution in [1.29, 1.82) is 5.26 Å². The zero-order chi connectivity index (χ0) is 26.4. The molecule has 0 aliphatic carbocycles. The summed E-state index contributed by atoms with van der Waals surface area (Å²) in [5.41, 5.74) is 9.62. The molecular formula is C29H26N4O4. The maximum Gasteiger partial charge on any atom is 0.355 e. The summed E-state index contributed by atoms with van der Waals surface area (Å²) in [5.74, 6) is -2.41. The molecule has 0 bridgehead atoms. The number of allylic oxidation sites excluding steroid dienone is 1. The van der Waals surface area contributed by atoms with Gasteiger partial charge < -0.3 is 15.2 Å². The predicted octanol–water partition coefficient (Wildman–Crippen LogP) is 3.76. The summed E-state index contributed by atoms with van der Waals surface area (Å²) in [5, 5.41) is 10.2. The van der Waals surface area contributed by atoms with Crippen molar-refractivity contribution in [2.75, 3.05) is 19.1 Å². The van der Waals surface area contributed by atoms with Crippen LogP contribution in [0, 0.1) is 11.3 Å². The Morgan fingerprint density at radius 1 is 0.973 bits per heavy atom. The number of carbonyl (C=O) groups excluding carboxylic acids is 2. The van der Waals surface area contributed by atoms with Crippen molar-refractivity contribution in [3.63, 3.8) is 0 Å². The second kappa shape index (κ2) is 11.2. The van der Waals surface area contributed by atoms with Gasteiger partial charge in [0.15, 0.2) is 0 Å². The average molecular weight is 495 g/mol. The van der Waals surface area contributed by atoms with Gasteiger partial charge in [0.05, 0.1) is 37.4 Å². The van der Waals surface area contributed by atoms with Crippen molar-refractivity contribution < 1.29 is 19.1 Å². The number of anilines is 1. The Labute approximate surface area is 215 Å². The Hall–Kier alpha value is -4.90. The Morgan fingerprint density at radius 2 is 1.70 bits per heavy atom. The molecule has 186 valence electrons. The summed E-state index contributed by atoms with van der Waals surface area (Å²) in [6, 6.07) is 24.2. The number of aryl methyl sites for hydroxylation is 2. The van der Waals surface area contributed by atoms with Gasteiger partial charge in [-0.15, -0.1) is 0 Å². The van der Waals surface area contributed by atoms with Crippen molar-refractivity contribution in [3.8, 4) is 6.07 Å². The zero-order valence-corrected chi connectivity index (χ0v) is 20.5. The molecule has 1 aromatic heterocycles. The van der Waals surface area contributed by atoms with Gasteiger partial charge in [-0.05, 0) is 48.2 Å². The summed E-state index contributed by atoms with van der Waals surface area (Å²) >= 11 is 0. The third-order valence-corrected chi connectivity index (χ3v) is 6.18. The summed E-state index contributed by atoms with van der Waals surface area (Å²) in [6.07, 6.45) is 3.14. The van der Waals surface area contributed by atoms with Crippen molar-refractivity contribution >= 4 is 17.6 Å². The van der Waals surface area contributed by atoms with Gasteiger partial charge in [-0.25, -0.2) is 9.59 Å². The second-order valence-corrected chi connectivity index (χ2v) is 8.33. The van der Waals surface area contributed by atoms with E-state index in [0.717, 1.165) is 11.3 Å². The molecule has 2 aromatic carbocycles. The molecule has 0 saturated carbocycles. The van der Waals surface area contributed by atoms with Crippen molar-refractivity contribution in [2.24, 2.45) is 5.73 Å². The predicted molar refractivity (Wildman–Crippen MR) is 138 cm³/mol. The van der Waals surface area contributed by atoms with Crippen LogP contribution < -0.4 is 10.6 Å². The van der Waals surface area contributed by atoms with E-state index >= 15 is 0 Å². The van der Waals surface area contributed by atoms with Crippen LogP contribution in [-0.4, -0.2) is 31.1 Å². The van der Waals surface area contributed by atoms with Crippen LogP contribution in [0.3, 0.4) is 0 Å². The van der Waals surface area contributed by atoms with Crippen molar-refractivity contribution in [2.45, 2.75) is 18.8 Å². The number of nitriles is 1. The molecule has 0 radical (unpaired) electrons. The lowest BCUT2D eigenvalue weighted by molar-refractivity contribution is -0.139. The molecule has 0 spiro atoms. The largest absolute Gasteiger partial charge is 0.466 e. The van der Waals surface area contributed by atoms with Crippen LogP contribution in [0.5, 0.6) is 0 Å². The Bertz CT molecular complexity index is 1410. The number of benzene rings is 2. The fourth-order valence-corrected chi connectivity index (χ4v) is 4.45. The first-order valence-corrected chi connectivity index (χ1v) is 11.6. The standard InChI is InChI=1S/C29H26N4O4/c1-36-28(34)25-24(20-10-4-3-5-11-20)23(18-30)27(31)33(26(25)29(35)37-2)22-13-8-9-19(17-22)14-15-21-12-6-7-16-32-21/h3-13,16-17,24H,14-15,31H2,1-2H3. The number of methoxy groups -OCH3 is 2. The lowest BCUT2D eigenvalue weighted by Crippen LogP contribution is -2.40. The van der Waals surface area contributed by atoms with Gasteiger partial charge in [-0.3, -0.25) is 9.88 Å². The number of pyridine rings is 1. The minimum atomic E-state index is -0.906. The first-order valence-electron chi connectivity index (χ1n) is 11.6. The van der Waals surface area contributed by atoms with Gasteiger partial charge in [0.2, 0.25) is 0 Å². The highest BCUT2D eigenvalue weighted by Gasteiger charge is 2.42. The van der Waals surface area contributed by atoms with E-state index in [1.54, 1.807) is 36.5 Å². The molecule has 4 rings (SSSR count). The van der Waals surface area contributed by atoms with E-state index in [1.165, 1.54) is 19.1 Å². The highest BCUT2D eigenvalue weighted by molar-refractivity contribution is 6.06. The number of hydrogen-bond donors (Lipinski definition) is 1. The molecule has 37 heavy (non-hydrogen) atoms. The number of esters is 2. The molecule has 0 amide bonds. The van der Waals surface area contributed by atoms with E-state index < -0.39 is 17.9 Å². The summed E-state index contributed by atoms with van der Waals surface area (Å²) in [6.45, 7) is 0. The summed E-state index contributed by atoms with van der Waals surface area (Å²) in [7, 11) is 2.45. The molecule has 3 aromatic rings. The molecule has 1 unspecified atom stereocenters. The number of ether oxygens (including phenoxy) is 2. The van der Waals surface area contributed by atoms with Crippen LogP contribution in [0.25, 0.3) is 0 Å². The minimum Gasteiger partial charge on any atom is -0.466 e.